The second-order valence-electron chi connectivity index (χ2n) is 15.0. The maximum absolute atomic E-state index is 5.07. The second-order valence-corrected chi connectivity index (χ2v) is 16.1. The number of nitrogens with zero attached hydrogens (tertiary/aromatic N) is 3. The van der Waals surface area contributed by atoms with Gasteiger partial charge in [-0.2, -0.15) is 0 Å². The van der Waals surface area contributed by atoms with E-state index < -0.39 is 0 Å². The molecule has 12 rings (SSSR count). The van der Waals surface area contributed by atoms with Crippen LogP contribution in [0.5, 0.6) is 0 Å². The van der Waals surface area contributed by atoms with Gasteiger partial charge in [-0.15, -0.1) is 11.3 Å². The molecular formula is C52H33N3S. The third-order valence-electron chi connectivity index (χ3n) is 12.1. The minimum atomic E-state index is -0.355. The Bertz CT molecular complexity index is 3070. The van der Waals surface area contributed by atoms with Crippen LogP contribution in [-0.4, -0.2) is 15.0 Å². The van der Waals surface area contributed by atoms with Crippen molar-refractivity contribution in [2.75, 3.05) is 0 Å². The predicted octanol–water partition coefficient (Wildman–Crippen LogP) is 13.2. The number of thiophene rings is 1. The Morgan fingerprint density at radius 2 is 0.982 bits per heavy atom. The van der Waals surface area contributed by atoms with Crippen LogP contribution in [0.2, 0.25) is 0 Å². The van der Waals surface area contributed by atoms with Crippen LogP contribution in [0, 0.1) is 0 Å². The standard InChI is InChI=1S/C52H33N3S/c1-3-13-32(14-4-1)49-53-50(33-15-5-2-6-16-33)55-51(54-49)36-25-28-42-41-27-24-35(30-47(41)56-48(42)31-36)34-23-26-40-39-19-9-12-22-45(39)52(46(40)29-34)43-20-10-7-17-37(43)38-18-8-11-21-44(38)52/h1-15,17-31,33H,16H2. The summed E-state index contributed by atoms with van der Waals surface area (Å²) in [4.78, 5) is 15.1. The maximum atomic E-state index is 5.07. The normalized spacial score (nSPS) is 15.6. The summed E-state index contributed by atoms with van der Waals surface area (Å²) in [7, 11) is 0. The number of benzene rings is 7. The average Bonchev–Trinajstić information content (AvgIpc) is 3.90. The van der Waals surface area contributed by atoms with E-state index >= 15 is 0 Å². The monoisotopic (exact) mass is 731 g/mol. The van der Waals surface area contributed by atoms with Gasteiger partial charge in [0.2, 0.25) is 0 Å². The van der Waals surface area contributed by atoms with Gasteiger partial charge in [0.05, 0.1) is 5.41 Å². The highest BCUT2D eigenvalue weighted by atomic mass is 32.1. The zero-order chi connectivity index (χ0) is 36.8. The zero-order valence-corrected chi connectivity index (χ0v) is 31.2. The van der Waals surface area contributed by atoms with E-state index in [2.05, 4.69) is 164 Å². The van der Waals surface area contributed by atoms with Crippen LogP contribution in [-0.2, 0) is 5.41 Å². The molecule has 9 aromatic rings. The van der Waals surface area contributed by atoms with E-state index in [0.29, 0.717) is 11.6 Å². The van der Waals surface area contributed by atoms with Crippen LogP contribution in [0.3, 0.4) is 0 Å². The fourth-order valence-corrected chi connectivity index (χ4v) is 10.7. The molecule has 1 atom stereocenters. The van der Waals surface area contributed by atoms with Crippen molar-refractivity contribution in [3.8, 4) is 56.2 Å². The minimum Gasteiger partial charge on any atom is -0.212 e. The molecule has 3 aliphatic carbocycles. The van der Waals surface area contributed by atoms with Crippen molar-refractivity contribution in [2.45, 2.75) is 17.8 Å². The van der Waals surface area contributed by atoms with E-state index in [-0.39, 0.29) is 11.3 Å². The van der Waals surface area contributed by atoms with Gasteiger partial charge in [-0.25, -0.2) is 15.0 Å². The molecule has 0 aliphatic heterocycles. The summed E-state index contributed by atoms with van der Waals surface area (Å²) >= 11 is 1.84. The Kier molecular flexibility index (Phi) is 6.84. The number of allylic oxidation sites excluding steroid dienone is 4. The van der Waals surface area contributed by atoms with Crippen molar-refractivity contribution in [1.82, 2.24) is 15.0 Å². The molecule has 0 bridgehead atoms. The summed E-state index contributed by atoms with van der Waals surface area (Å²) in [6.07, 6.45) is 9.42. The van der Waals surface area contributed by atoms with E-state index in [1.807, 2.05) is 29.5 Å². The third kappa shape index (κ3) is 4.54. The van der Waals surface area contributed by atoms with Gasteiger partial charge in [-0.3, -0.25) is 0 Å². The van der Waals surface area contributed by atoms with Crippen LogP contribution in [0.25, 0.3) is 76.3 Å². The molecule has 0 amide bonds. The maximum Gasteiger partial charge on any atom is 0.163 e. The van der Waals surface area contributed by atoms with Gasteiger partial charge in [-0.05, 0) is 80.3 Å². The van der Waals surface area contributed by atoms with Gasteiger partial charge in [0.1, 0.15) is 5.82 Å². The lowest BCUT2D eigenvalue weighted by Crippen LogP contribution is -2.25. The molecule has 1 unspecified atom stereocenters. The molecule has 3 nitrogen and oxygen atoms in total. The first-order valence-corrected chi connectivity index (χ1v) is 20.1. The van der Waals surface area contributed by atoms with Crippen molar-refractivity contribution in [2.24, 2.45) is 0 Å². The Balaban J connectivity index is 0.977. The van der Waals surface area contributed by atoms with Crippen LogP contribution < -0.4 is 0 Å². The lowest BCUT2D eigenvalue weighted by Gasteiger charge is -2.30. The van der Waals surface area contributed by atoms with Crippen LogP contribution in [0.15, 0.2) is 182 Å². The van der Waals surface area contributed by atoms with Gasteiger partial charge in [0.15, 0.2) is 11.6 Å². The second kappa shape index (κ2) is 12.1. The molecule has 262 valence electrons. The SMILES string of the molecule is C1=CCC(c2nc(-c3ccccc3)nc(-c3ccc4c(c3)sc3cc(-c5ccc6c(c5)C5(c7ccccc7-c7ccccc75)c5ccccc5-6)ccc34)n2)C=C1. The summed E-state index contributed by atoms with van der Waals surface area (Å²) in [6.45, 7) is 0. The Morgan fingerprint density at radius 1 is 0.446 bits per heavy atom. The molecule has 56 heavy (non-hydrogen) atoms. The lowest BCUT2D eigenvalue weighted by atomic mass is 9.70. The zero-order valence-electron chi connectivity index (χ0n) is 30.4. The van der Waals surface area contributed by atoms with E-state index in [9.17, 15) is 0 Å². The molecule has 0 N–H and O–H groups in total. The first kappa shape index (κ1) is 31.6. The summed E-state index contributed by atoms with van der Waals surface area (Å²) in [5.41, 5.74) is 14.9. The number of rotatable bonds is 4. The van der Waals surface area contributed by atoms with Crippen LogP contribution >= 0.6 is 11.3 Å². The number of aromatic nitrogens is 3. The summed E-state index contributed by atoms with van der Waals surface area (Å²) in [5, 5.41) is 2.52. The molecule has 1 spiro atoms. The van der Waals surface area contributed by atoms with E-state index in [4.69, 9.17) is 15.0 Å². The fraction of sp³-hybridized carbons (Fsp3) is 0.0577. The van der Waals surface area contributed by atoms with Gasteiger partial charge in [0, 0.05) is 37.2 Å². The molecule has 0 radical (unpaired) electrons. The smallest absolute Gasteiger partial charge is 0.163 e. The van der Waals surface area contributed by atoms with Crippen LogP contribution in [0.4, 0.5) is 0 Å². The number of hydrogen-bond donors (Lipinski definition) is 0. The highest BCUT2D eigenvalue weighted by Gasteiger charge is 2.51. The Morgan fingerprint density at radius 3 is 1.62 bits per heavy atom. The summed E-state index contributed by atoms with van der Waals surface area (Å²) < 4.78 is 2.49. The van der Waals surface area contributed by atoms with Crippen molar-refractivity contribution in [3.05, 3.63) is 210 Å². The molecule has 2 heterocycles. The van der Waals surface area contributed by atoms with Crippen molar-refractivity contribution < 1.29 is 0 Å². The van der Waals surface area contributed by atoms with E-state index in [1.54, 1.807) is 0 Å². The summed E-state index contributed by atoms with van der Waals surface area (Å²) in [5.74, 6) is 2.34. The fourth-order valence-electron chi connectivity index (χ4n) is 9.55. The van der Waals surface area contributed by atoms with Gasteiger partial charge in [0.25, 0.3) is 0 Å². The largest absolute Gasteiger partial charge is 0.212 e. The third-order valence-corrected chi connectivity index (χ3v) is 13.2. The number of hydrogen-bond acceptors (Lipinski definition) is 4. The lowest BCUT2D eigenvalue weighted by molar-refractivity contribution is 0.764. The van der Waals surface area contributed by atoms with E-state index in [1.165, 1.54) is 75.8 Å². The quantitative estimate of drug-likeness (QED) is 0.181. The van der Waals surface area contributed by atoms with Crippen LogP contribution in [0.1, 0.15) is 40.4 Å². The van der Waals surface area contributed by atoms with Gasteiger partial charge in [-0.1, -0.05) is 164 Å². The van der Waals surface area contributed by atoms with Gasteiger partial charge < -0.3 is 0 Å². The minimum absolute atomic E-state index is 0.122. The molecule has 4 heteroatoms. The number of fused-ring (bicyclic) bond motifs is 13. The molecular weight excluding hydrogens is 699 g/mol. The summed E-state index contributed by atoms with van der Waals surface area (Å²) in [6, 6.07) is 58.1. The molecule has 0 fully saturated rings. The van der Waals surface area contributed by atoms with Crippen molar-refractivity contribution in [1.29, 1.82) is 0 Å². The molecule has 0 saturated heterocycles. The first-order chi connectivity index (χ1) is 27.7. The molecule has 0 saturated carbocycles. The Hall–Kier alpha value is -6.75. The van der Waals surface area contributed by atoms with E-state index in [0.717, 1.165) is 23.4 Å². The van der Waals surface area contributed by atoms with Crippen molar-refractivity contribution in [3.63, 3.8) is 0 Å². The highest BCUT2D eigenvalue weighted by molar-refractivity contribution is 7.25. The molecule has 2 aromatic heterocycles. The molecule has 3 aliphatic rings. The molecule has 7 aromatic carbocycles. The van der Waals surface area contributed by atoms with Gasteiger partial charge >= 0.3 is 0 Å². The van der Waals surface area contributed by atoms with Crippen molar-refractivity contribution >= 4 is 31.5 Å². The topological polar surface area (TPSA) is 38.7 Å². The Labute approximate surface area is 329 Å². The average molecular weight is 732 g/mol. The first-order valence-electron chi connectivity index (χ1n) is 19.3. The predicted molar refractivity (Wildman–Crippen MR) is 231 cm³/mol. The highest BCUT2D eigenvalue weighted by Crippen LogP contribution is 2.63.